The highest BCUT2D eigenvalue weighted by Crippen LogP contribution is 2.29. The van der Waals surface area contributed by atoms with Crippen molar-refractivity contribution >= 4 is 50.0 Å². The molecule has 5 aromatic rings. The Balaban J connectivity index is 1.28. The predicted octanol–water partition coefficient (Wildman–Crippen LogP) is 6.31. The van der Waals surface area contributed by atoms with Crippen molar-refractivity contribution in [3.05, 3.63) is 117 Å². The average Bonchev–Trinajstić information content (AvgIpc) is 3.32. The van der Waals surface area contributed by atoms with Crippen LogP contribution >= 0.6 is 11.3 Å². The highest BCUT2D eigenvalue weighted by atomic mass is 32.1. The Morgan fingerprint density at radius 3 is 2.66 bits per heavy atom. The van der Waals surface area contributed by atoms with Crippen LogP contribution in [0.15, 0.2) is 96.1 Å². The Morgan fingerprint density at radius 1 is 0.971 bits per heavy atom. The number of nitro groups is 1. The average molecular weight is 482 g/mol. The van der Waals surface area contributed by atoms with Crippen molar-refractivity contribution in [3.63, 3.8) is 0 Å². The maximum absolute atomic E-state index is 12.6. The summed E-state index contributed by atoms with van der Waals surface area (Å²) in [6.07, 6.45) is 1.54. The Kier molecular flexibility index (Phi) is 6.19. The van der Waals surface area contributed by atoms with Gasteiger partial charge < -0.3 is 4.74 Å². The zero-order valence-corrected chi connectivity index (χ0v) is 19.2. The number of carbonyl (C=O) groups excluding carboxylic acids is 1. The van der Waals surface area contributed by atoms with Crippen molar-refractivity contribution in [3.8, 4) is 5.75 Å². The van der Waals surface area contributed by atoms with E-state index in [1.165, 1.54) is 29.7 Å². The smallest absolute Gasteiger partial charge is 0.281 e. The summed E-state index contributed by atoms with van der Waals surface area (Å²) in [7, 11) is 0. The molecule has 0 atom stereocenters. The van der Waals surface area contributed by atoms with Gasteiger partial charge in [-0.25, -0.2) is 5.43 Å². The van der Waals surface area contributed by atoms with Crippen LogP contribution in [0, 0.1) is 10.1 Å². The molecule has 4 aromatic carbocycles. The first kappa shape index (κ1) is 22.2. The SMILES string of the molecule is O=C(NN=Cc1ccccc1OCc1cccc2ccccc12)c1cc2cc([N+](=O)[O-])ccc2s1. The lowest BCUT2D eigenvalue weighted by atomic mass is 10.1. The molecule has 0 aliphatic carbocycles. The van der Waals surface area contributed by atoms with E-state index in [2.05, 4.69) is 28.7 Å². The highest BCUT2D eigenvalue weighted by Gasteiger charge is 2.13. The summed E-state index contributed by atoms with van der Waals surface area (Å²) in [4.78, 5) is 23.5. The predicted molar refractivity (Wildman–Crippen MR) is 138 cm³/mol. The summed E-state index contributed by atoms with van der Waals surface area (Å²) in [6.45, 7) is 0.395. The molecular formula is C27H19N3O4S. The molecular weight excluding hydrogens is 462 g/mol. The lowest BCUT2D eigenvalue weighted by Crippen LogP contribution is -2.16. The molecule has 1 aromatic heterocycles. The zero-order valence-electron chi connectivity index (χ0n) is 18.4. The fourth-order valence-electron chi connectivity index (χ4n) is 3.76. The molecule has 1 heterocycles. The van der Waals surface area contributed by atoms with Crippen LogP contribution in [0.5, 0.6) is 5.75 Å². The van der Waals surface area contributed by atoms with Gasteiger partial charge in [-0.05, 0) is 40.6 Å². The van der Waals surface area contributed by atoms with Gasteiger partial charge in [-0.1, -0.05) is 54.6 Å². The highest BCUT2D eigenvalue weighted by molar-refractivity contribution is 7.20. The van der Waals surface area contributed by atoms with Crippen LogP contribution in [0.25, 0.3) is 20.9 Å². The summed E-state index contributed by atoms with van der Waals surface area (Å²) in [6, 6.07) is 27.9. The molecule has 5 rings (SSSR count). The number of nitrogens with zero attached hydrogens (tertiary/aromatic N) is 2. The number of nitro benzene ring substituents is 1. The second-order valence-electron chi connectivity index (χ2n) is 7.75. The van der Waals surface area contributed by atoms with Crippen molar-refractivity contribution in [1.82, 2.24) is 5.43 Å². The number of benzene rings is 4. The van der Waals surface area contributed by atoms with E-state index in [4.69, 9.17) is 4.74 Å². The first-order chi connectivity index (χ1) is 17.1. The van der Waals surface area contributed by atoms with Gasteiger partial charge in [0, 0.05) is 27.8 Å². The fraction of sp³-hybridized carbons (Fsp3) is 0.0370. The molecule has 0 unspecified atom stereocenters. The van der Waals surface area contributed by atoms with E-state index in [1.54, 1.807) is 12.1 Å². The number of amides is 1. The van der Waals surface area contributed by atoms with Gasteiger partial charge in [-0.15, -0.1) is 11.3 Å². The molecule has 8 heteroatoms. The summed E-state index contributed by atoms with van der Waals surface area (Å²) in [5.74, 6) is 0.256. The Hall–Kier alpha value is -4.56. The van der Waals surface area contributed by atoms with E-state index in [0.717, 1.165) is 26.6 Å². The normalized spacial score (nSPS) is 11.2. The number of carbonyl (C=O) groups is 1. The monoisotopic (exact) mass is 481 g/mol. The maximum atomic E-state index is 12.6. The number of rotatable bonds is 7. The van der Waals surface area contributed by atoms with Crippen LogP contribution < -0.4 is 10.2 Å². The molecule has 0 fully saturated rings. The Labute approximate surface area is 204 Å². The van der Waals surface area contributed by atoms with Gasteiger partial charge >= 0.3 is 0 Å². The minimum Gasteiger partial charge on any atom is -0.488 e. The molecule has 7 nitrogen and oxygen atoms in total. The van der Waals surface area contributed by atoms with Gasteiger partial charge in [0.1, 0.15) is 12.4 Å². The second kappa shape index (κ2) is 9.74. The second-order valence-corrected chi connectivity index (χ2v) is 8.84. The fourth-order valence-corrected chi connectivity index (χ4v) is 4.70. The third-order valence-corrected chi connectivity index (χ3v) is 6.60. The van der Waals surface area contributed by atoms with E-state index in [-0.39, 0.29) is 11.6 Å². The summed E-state index contributed by atoms with van der Waals surface area (Å²) < 4.78 is 6.88. The number of fused-ring (bicyclic) bond motifs is 2. The minimum absolute atomic E-state index is 0.0135. The molecule has 0 aliphatic rings. The van der Waals surface area contributed by atoms with E-state index < -0.39 is 4.92 Å². The van der Waals surface area contributed by atoms with Crippen LogP contribution in [0.2, 0.25) is 0 Å². The molecule has 1 amide bonds. The molecule has 1 N–H and O–H groups in total. The van der Waals surface area contributed by atoms with Crippen LogP contribution in [-0.4, -0.2) is 17.0 Å². The van der Waals surface area contributed by atoms with E-state index in [1.807, 2.05) is 48.5 Å². The topological polar surface area (TPSA) is 93.8 Å². The summed E-state index contributed by atoms with van der Waals surface area (Å²) in [5, 5.41) is 18.0. The van der Waals surface area contributed by atoms with Gasteiger partial charge in [-0.2, -0.15) is 5.10 Å². The van der Waals surface area contributed by atoms with Crippen molar-refractivity contribution in [1.29, 1.82) is 0 Å². The van der Waals surface area contributed by atoms with E-state index >= 15 is 0 Å². The standard InChI is InChI=1S/C27H19N3O4S/c31-27(26-15-21-14-22(30(32)33)12-13-25(21)35-26)29-28-16-19-7-2-4-11-24(19)34-17-20-9-5-8-18-6-1-3-10-23(18)20/h1-16H,17H2,(H,29,31). The van der Waals surface area contributed by atoms with E-state index in [0.29, 0.717) is 22.6 Å². The van der Waals surface area contributed by atoms with Gasteiger partial charge in [0.15, 0.2) is 0 Å². The zero-order chi connectivity index (χ0) is 24.2. The lowest BCUT2D eigenvalue weighted by molar-refractivity contribution is -0.384. The molecule has 0 bridgehead atoms. The number of hydrogen-bond donors (Lipinski definition) is 1. The number of ether oxygens (including phenoxy) is 1. The molecule has 0 spiro atoms. The number of hydrazone groups is 1. The number of nitrogens with one attached hydrogen (secondary N) is 1. The van der Waals surface area contributed by atoms with Crippen LogP contribution in [-0.2, 0) is 6.61 Å². The molecule has 0 saturated carbocycles. The van der Waals surface area contributed by atoms with Crippen molar-refractivity contribution < 1.29 is 14.5 Å². The number of thiophene rings is 1. The third kappa shape index (κ3) is 4.87. The molecule has 172 valence electrons. The summed E-state index contributed by atoms with van der Waals surface area (Å²) >= 11 is 1.25. The first-order valence-corrected chi connectivity index (χ1v) is 11.6. The first-order valence-electron chi connectivity index (χ1n) is 10.8. The van der Waals surface area contributed by atoms with Gasteiger partial charge in [0.2, 0.25) is 0 Å². The van der Waals surface area contributed by atoms with Crippen LogP contribution in [0.1, 0.15) is 20.8 Å². The quantitative estimate of drug-likeness (QED) is 0.168. The minimum atomic E-state index is -0.457. The summed E-state index contributed by atoms with van der Waals surface area (Å²) in [5.41, 5.74) is 4.31. The number of non-ortho nitro benzene ring substituents is 1. The molecule has 0 saturated heterocycles. The van der Waals surface area contributed by atoms with Gasteiger partial charge in [0.25, 0.3) is 11.6 Å². The Bertz CT molecular complexity index is 1590. The largest absolute Gasteiger partial charge is 0.488 e. The van der Waals surface area contributed by atoms with Crippen molar-refractivity contribution in [2.45, 2.75) is 6.61 Å². The molecule has 0 radical (unpaired) electrons. The van der Waals surface area contributed by atoms with Crippen molar-refractivity contribution in [2.24, 2.45) is 5.10 Å². The number of para-hydroxylation sites is 1. The third-order valence-electron chi connectivity index (χ3n) is 5.49. The van der Waals surface area contributed by atoms with Crippen LogP contribution in [0.4, 0.5) is 5.69 Å². The Morgan fingerprint density at radius 2 is 1.77 bits per heavy atom. The lowest BCUT2D eigenvalue weighted by Gasteiger charge is -2.11. The van der Waals surface area contributed by atoms with Gasteiger partial charge in [-0.3, -0.25) is 14.9 Å². The number of hydrogen-bond acceptors (Lipinski definition) is 6. The molecule has 0 aliphatic heterocycles. The van der Waals surface area contributed by atoms with Crippen molar-refractivity contribution in [2.75, 3.05) is 0 Å². The maximum Gasteiger partial charge on any atom is 0.281 e. The van der Waals surface area contributed by atoms with Gasteiger partial charge in [0.05, 0.1) is 16.0 Å². The van der Waals surface area contributed by atoms with Crippen LogP contribution in [0.3, 0.4) is 0 Å². The van der Waals surface area contributed by atoms with E-state index in [9.17, 15) is 14.9 Å². The molecule has 35 heavy (non-hydrogen) atoms.